The zero-order valence-corrected chi connectivity index (χ0v) is 24.9. The molecule has 0 saturated carbocycles. The fraction of sp³-hybridized carbons (Fsp3) is 0.500. The number of rotatable bonds is 11. The van der Waals surface area contributed by atoms with E-state index in [4.69, 9.17) is 4.99 Å². The van der Waals surface area contributed by atoms with E-state index in [2.05, 4.69) is 106 Å². The average Bonchev–Trinajstić information content (AvgIpc) is 3.21. The van der Waals surface area contributed by atoms with Crippen LogP contribution in [0.3, 0.4) is 0 Å². The second kappa shape index (κ2) is 14.6. The van der Waals surface area contributed by atoms with Gasteiger partial charge in [-0.05, 0) is 73.6 Å². The smallest absolute Gasteiger partial charge is 0.137 e. The zero-order valence-electron chi connectivity index (χ0n) is 24.9. The summed E-state index contributed by atoms with van der Waals surface area (Å²) in [6.45, 7) is 14.7. The van der Waals surface area contributed by atoms with Crippen LogP contribution in [0.15, 0.2) is 58.8 Å². The molecule has 8 heteroatoms. The molecule has 0 atom stereocenters. The summed E-state index contributed by atoms with van der Waals surface area (Å²) in [6.07, 6.45) is 6.66. The van der Waals surface area contributed by atoms with Gasteiger partial charge in [0.25, 0.3) is 0 Å². The minimum absolute atomic E-state index is 0.631. The SMILES string of the molecule is CN=CNC(=NCCC(C)C)c1ccc(N2CCCN(c3ccc4c(NCCC(C)C)ncnc4c3)CC2)cc1. The fourth-order valence-corrected chi connectivity index (χ4v) is 4.91. The summed E-state index contributed by atoms with van der Waals surface area (Å²) in [6, 6.07) is 15.4. The van der Waals surface area contributed by atoms with Crippen molar-refractivity contribution in [2.75, 3.05) is 61.4 Å². The molecule has 3 aromatic rings. The number of nitrogens with zero attached hydrogens (tertiary/aromatic N) is 6. The van der Waals surface area contributed by atoms with Crippen LogP contribution in [0, 0.1) is 11.8 Å². The third-order valence-electron chi connectivity index (χ3n) is 7.31. The second-order valence-corrected chi connectivity index (χ2v) is 11.4. The van der Waals surface area contributed by atoms with Gasteiger partial charge in [0, 0.05) is 68.6 Å². The minimum Gasteiger partial charge on any atom is -0.370 e. The summed E-state index contributed by atoms with van der Waals surface area (Å²) in [4.78, 5) is 22.9. The predicted octanol–water partition coefficient (Wildman–Crippen LogP) is 5.84. The number of aromatic nitrogens is 2. The van der Waals surface area contributed by atoms with E-state index in [0.29, 0.717) is 11.8 Å². The third-order valence-corrected chi connectivity index (χ3v) is 7.31. The predicted molar refractivity (Wildman–Crippen MR) is 171 cm³/mol. The van der Waals surface area contributed by atoms with Crippen LogP contribution in [0.4, 0.5) is 17.2 Å². The lowest BCUT2D eigenvalue weighted by Crippen LogP contribution is -2.30. The quantitative estimate of drug-likeness (QED) is 0.234. The van der Waals surface area contributed by atoms with E-state index in [1.54, 1.807) is 19.7 Å². The monoisotopic (exact) mass is 542 g/mol. The number of hydrogen-bond donors (Lipinski definition) is 2. The van der Waals surface area contributed by atoms with Gasteiger partial charge in [-0.25, -0.2) is 9.97 Å². The maximum atomic E-state index is 4.80. The Hall–Kier alpha value is -3.68. The highest BCUT2D eigenvalue weighted by Crippen LogP contribution is 2.26. The summed E-state index contributed by atoms with van der Waals surface area (Å²) in [5.41, 5.74) is 4.55. The molecule has 4 rings (SSSR count). The van der Waals surface area contributed by atoms with Crippen LogP contribution >= 0.6 is 0 Å². The van der Waals surface area contributed by atoms with Crippen LogP contribution in [0.2, 0.25) is 0 Å². The van der Waals surface area contributed by atoms with E-state index in [1.807, 2.05) is 0 Å². The van der Waals surface area contributed by atoms with Crippen LogP contribution in [0.1, 0.15) is 52.5 Å². The van der Waals surface area contributed by atoms with Crippen LogP contribution in [-0.2, 0) is 0 Å². The Kier molecular flexibility index (Phi) is 10.7. The van der Waals surface area contributed by atoms with E-state index >= 15 is 0 Å². The maximum Gasteiger partial charge on any atom is 0.137 e. The molecular weight excluding hydrogens is 496 g/mol. The first-order valence-corrected chi connectivity index (χ1v) is 14.7. The van der Waals surface area contributed by atoms with Crippen molar-refractivity contribution >= 4 is 40.3 Å². The number of nitrogens with one attached hydrogen (secondary N) is 2. The Morgan fingerprint density at radius 1 is 0.900 bits per heavy atom. The summed E-state index contributed by atoms with van der Waals surface area (Å²) in [5.74, 6) is 3.09. The molecule has 0 spiro atoms. The van der Waals surface area contributed by atoms with Crippen molar-refractivity contribution in [3.63, 3.8) is 0 Å². The highest BCUT2D eigenvalue weighted by Gasteiger charge is 2.17. The van der Waals surface area contributed by atoms with Crippen LogP contribution in [0.5, 0.6) is 0 Å². The molecule has 8 nitrogen and oxygen atoms in total. The lowest BCUT2D eigenvalue weighted by Gasteiger charge is -2.25. The van der Waals surface area contributed by atoms with Gasteiger partial charge in [-0.1, -0.05) is 27.7 Å². The molecule has 214 valence electrons. The number of hydrogen-bond acceptors (Lipinski definition) is 7. The topological polar surface area (TPSA) is 81.0 Å². The Labute approximate surface area is 240 Å². The van der Waals surface area contributed by atoms with Gasteiger partial charge in [-0.15, -0.1) is 0 Å². The largest absolute Gasteiger partial charge is 0.370 e. The van der Waals surface area contributed by atoms with Gasteiger partial charge in [0.15, 0.2) is 0 Å². The molecule has 0 radical (unpaired) electrons. The molecular formula is C32H46N8. The molecule has 1 fully saturated rings. The molecule has 0 amide bonds. The van der Waals surface area contributed by atoms with Crippen LogP contribution in [-0.4, -0.2) is 68.5 Å². The van der Waals surface area contributed by atoms with E-state index in [9.17, 15) is 0 Å². The Bertz CT molecular complexity index is 1270. The van der Waals surface area contributed by atoms with Gasteiger partial charge in [-0.3, -0.25) is 9.98 Å². The van der Waals surface area contributed by atoms with E-state index < -0.39 is 0 Å². The van der Waals surface area contributed by atoms with E-state index in [0.717, 1.165) is 86.7 Å². The van der Waals surface area contributed by atoms with Gasteiger partial charge in [0.1, 0.15) is 18.0 Å². The Morgan fingerprint density at radius 2 is 1.60 bits per heavy atom. The summed E-state index contributed by atoms with van der Waals surface area (Å²) >= 11 is 0. The molecule has 0 aliphatic carbocycles. The van der Waals surface area contributed by atoms with Gasteiger partial charge < -0.3 is 20.4 Å². The molecule has 2 heterocycles. The van der Waals surface area contributed by atoms with Gasteiger partial charge in [0.05, 0.1) is 11.9 Å². The zero-order chi connectivity index (χ0) is 28.3. The highest BCUT2D eigenvalue weighted by molar-refractivity contribution is 6.04. The molecule has 0 unspecified atom stereocenters. The van der Waals surface area contributed by atoms with Crippen LogP contribution in [0.25, 0.3) is 10.9 Å². The number of aliphatic imine (C=N–C) groups is 2. The maximum absolute atomic E-state index is 4.80. The molecule has 1 aliphatic heterocycles. The number of anilines is 3. The summed E-state index contributed by atoms with van der Waals surface area (Å²) in [5, 5.41) is 7.83. The lowest BCUT2D eigenvalue weighted by molar-refractivity contribution is 0.596. The van der Waals surface area contributed by atoms with Crippen molar-refractivity contribution in [2.24, 2.45) is 21.8 Å². The Balaban J connectivity index is 1.41. The van der Waals surface area contributed by atoms with Crippen molar-refractivity contribution in [1.82, 2.24) is 15.3 Å². The second-order valence-electron chi connectivity index (χ2n) is 11.4. The lowest BCUT2D eigenvalue weighted by atomic mass is 10.1. The van der Waals surface area contributed by atoms with Crippen molar-refractivity contribution in [3.8, 4) is 0 Å². The minimum atomic E-state index is 0.631. The first kappa shape index (κ1) is 29.3. The third kappa shape index (κ3) is 8.16. The van der Waals surface area contributed by atoms with Crippen LogP contribution < -0.4 is 20.4 Å². The first-order chi connectivity index (χ1) is 19.4. The normalized spacial score (nSPS) is 14.9. The molecule has 1 aliphatic rings. The average molecular weight is 543 g/mol. The van der Waals surface area contributed by atoms with Crippen molar-refractivity contribution in [2.45, 2.75) is 47.0 Å². The number of benzene rings is 2. The number of fused-ring (bicyclic) bond motifs is 1. The fourth-order valence-electron chi connectivity index (χ4n) is 4.91. The molecule has 40 heavy (non-hydrogen) atoms. The van der Waals surface area contributed by atoms with Gasteiger partial charge in [0.2, 0.25) is 0 Å². The Morgan fingerprint density at radius 3 is 2.30 bits per heavy atom. The first-order valence-electron chi connectivity index (χ1n) is 14.7. The van der Waals surface area contributed by atoms with Gasteiger partial charge in [-0.2, -0.15) is 0 Å². The van der Waals surface area contributed by atoms with E-state index in [1.165, 1.54) is 11.4 Å². The molecule has 0 bridgehead atoms. The molecule has 1 aromatic heterocycles. The highest BCUT2D eigenvalue weighted by atomic mass is 15.2. The van der Waals surface area contributed by atoms with Gasteiger partial charge >= 0.3 is 0 Å². The number of amidine groups is 1. The van der Waals surface area contributed by atoms with E-state index in [-0.39, 0.29) is 0 Å². The standard InChI is InChI=1S/C32H46N8/c1-24(2)13-15-34-31(37-22-33-5)26-7-9-27(10-8-26)39-17-6-18-40(20-19-39)28-11-12-29-30(21-28)36-23-38-32(29)35-16-14-25(3)4/h7-12,21-25H,6,13-20H2,1-5H3,(H,33,34,37)(H,35,36,38). The molecule has 2 aromatic carbocycles. The van der Waals surface area contributed by atoms with Crippen molar-refractivity contribution in [3.05, 3.63) is 54.4 Å². The van der Waals surface area contributed by atoms with Crippen molar-refractivity contribution in [1.29, 1.82) is 0 Å². The molecule has 1 saturated heterocycles. The molecule has 2 N–H and O–H groups in total. The van der Waals surface area contributed by atoms with Crippen molar-refractivity contribution < 1.29 is 0 Å². The summed E-state index contributed by atoms with van der Waals surface area (Å²) < 4.78 is 0. The summed E-state index contributed by atoms with van der Waals surface area (Å²) in [7, 11) is 1.76.